The van der Waals surface area contributed by atoms with E-state index in [1.54, 1.807) is 0 Å². The lowest BCUT2D eigenvalue weighted by molar-refractivity contribution is 0.302. The van der Waals surface area contributed by atoms with Crippen LogP contribution in [0.3, 0.4) is 0 Å². The van der Waals surface area contributed by atoms with Crippen LogP contribution in [0.5, 0.6) is 0 Å². The summed E-state index contributed by atoms with van der Waals surface area (Å²) in [5, 5.41) is 8.51. The molecule has 0 saturated heterocycles. The van der Waals surface area contributed by atoms with Gasteiger partial charge in [-0.05, 0) is 19.3 Å². The lowest BCUT2D eigenvalue weighted by atomic mass is 10.1. The summed E-state index contributed by atoms with van der Waals surface area (Å²) in [6.07, 6.45) is 6.77. The summed E-state index contributed by atoms with van der Waals surface area (Å²) in [5.41, 5.74) is 1.36. The summed E-state index contributed by atoms with van der Waals surface area (Å²) in [5.74, 6) is 0. The zero-order valence-corrected chi connectivity index (χ0v) is 6.64. The second-order valence-corrected chi connectivity index (χ2v) is 2.22. The molecule has 58 valence electrons. The Balaban J connectivity index is 3.65. The highest BCUT2D eigenvalue weighted by atomic mass is 16.2. The average Bonchev–Trinajstić information content (AvgIpc) is 1.98. The van der Waals surface area contributed by atoms with Gasteiger partial charge in [0.1, 0.15) is 0 Å². The fourth-order valence-corrected chi connectivity index (χ4v) is 0.826. The Labute approximate surface area is 63.1 Å². The van der Waals surface area contributed by atoms with Crippen LogP contribution >= 0.6 is 0 Å². The molecule has 0 aliphatic heterocycles. The first-order chi connectivity index (χ1) is 4.85. The zero-order chi connectivity index (χ0) is 7.82. The van der Waals surface area contributed by atoms with Gasteiger partial charge >= 0.3 is 0 Å². The van der Waals surface area contributed by atoms with Crippen LogP contribution in [0.25, 0.3) is 0 Å². The molecule has 0 fully saturated rings. The number of hydrogen-bond donors (Lipinski definition) is 1. The van der Waals surface area contributed by atoms with Crippen LogP contribution in [0, 0.1) is 0 Å². The highest BCUT2D eigenvalue weighted by Crippen LogP contribution is 2.07. The van der Waals surface area contributed by atoms with E-state index in [0.717, 1.165) is 19.3 Å². The number of hydrogen-bond acceptors (Lipinski definition) is 1. The first-order valence-corrected chi connectivity index (χ1v) is 3.74. The normalized spacial score (nSPS) is 11.6. The van der Waals surface area contributed by atoms with E-state index in [1.165, 1.54) is 5.57 Å². The Bertz CT molecular complexity index is 114. The maximum atomic E-state index is 8.51. The Morgan fingerprint density at radius 1 is 1.60 bits per heavy atom. The van der Waals surface area contributed by atoms with Crippen LogP contribution in [0.4, 0.5) is 0 Å². The van der Waals surface area contributed by atoms with Crippen molar-refractivity contribution in [3.05, 3.63) is 24.3 Å². The lowest BCUT2D eigenvalue weighted by Crippen LogP contribution is -1.82. The SMILES string of the molecule is C=CC/C(=C\CCO)CC. The molecule has 0 aromatic carbocycles. The van der Waals surface area contributed by atoms with E-state index < -0.39 is 0 Å². The van der Waals surface area contributed by atoms with Crippen molar-refractivity contribution >= 4 is 0 Å². The second-order valence-electron chi connectivity index (χ2n) is 2.22. The third-order valence-electron chi connectivity index (χ3n) is 1.42. The van der Waals surface area contributed by atoms with E-state index in [-0.39, 0.29) is 6.61 Å². The van der Waals surface area contributed by atoms with Crippen LogP contribution in [0.1, 0.15) is 26.2 Å². The highest BCUT2D eigenvalue weighted by Gasteiger charge is 1.88. The van der Waals surface area contributed by atoms with Gasteiger partial charge in [0.05, 0.1) is 0 Å². The molecule has 1 nitrogen and oxygen atoms in total. The van der Waals surface area contributed by atoms with Gasteiger partial charge < -0.3 is 5.11 Å². The molecule has 1 N–H and O–H groups in total. The largest absolute Gasteiger partial charge is 0.396 e. The minimum Gasteiger partial charge on any atom is -0.396 e. The van der Waals surface area contributed by atoms with Crippen molar-refractivity contribution in [1.82, 2.24) is 0 Å². The van der Waals surface area contributed by atoms with E-state index in [9.17, 15) is 0 Å². The minimum absolute atomic E-state index is 0.251. The van der Waals surface area contributed by atoms with Crippen LogP contribution in [0.15, 0.2) is 24.3 Å². The van der Waals surface area contributed by atoms with Gasteiger partial charge in [-0.1, -0.05) is 24.6 Å². The van der Waals surface area contributed by atoms with Gasteiger partial charge in [-0.3, -0.25) is 0 Å². The monoisotopic (exact) mass is 140 g/mol. The van der Waals surface area contributed by atoms with Crippen molar-refractivity contribution in [3.63, 3.8) is 0 Å². The zero-order valence-electron chi connectivity index (χ0n) is 6.64. The molecule has 0 amide bonds. The standard InChI is InChI=1S/C9H16O/c1-3-6-9(4-2)7-5-8-10/h3,7,10H,1,4-6,8H2,2H3/b9-7-. The van der Waals surface area contributed by atoms with Crippen LogP contribution in [0.2, 0.25) is 0 Å². The second kappa shape index (κ2) is 6.56. The van der Waals surface area contributed by atoms with Crippen molar-refractivity contribution in [3.8, 4) is 0 Å². The summed E-state index contributed by atoms with van der Waals surface area (Å²) in [6, 6.07) is 0. The summed E-state index contributed by atoms with van der Waals surface area (Å²) >= 11 is 0. The Morgan fingerprint density at radius 2 is 2.30 bits per heavy atom. The molecule has 0 aliphatic rings. The number of allylic oxidation sites excluding steroid dienone is 2. The maximum absolute atomic E-state index is 8.51. The molecule has 0 bridgehead atoms. The van der Waals surface area contributed by atoms with Crippen LogP contribution < -0.4 is 0 Å². The van der Waals surface area contributed by atoms with Gasteiger partial charge in [0.15, 0.2) is 0 Å². The van der Waals surface area contributed by atoms with Gasteiger partial charge in [-0.25, -0.2) is 0 Å². The van der Waals surface area contributed by atoms with Crippen molar-refractivity contribution < 1.29 is 5.11 Å². The quantitative estimate of drug-likeness (QED) is 0.581. The van der Waals surface area contributed by atoms with E-state index in [4.69, 9.17) is 5.11 Å². The Kier molecular flexibility index (Phi) is 6.19. The molecule has 0 aromatic heterocycles. The van der Waals surface area contributed by atoms with E-state index in [2.05, 4.69) is 19.6 Å². The van der Waals surface area contributed by atoms with Crippen LogP contribution in [-0.4, -0.2) is 11.7 Å². The molecule has 0 heterocycles. The smallest absolute Gasteiger partial charge is 0.0465 e. The molecule has 0 unspecified atom stereocenters. The molecule has 0 spiro atoms. The van der Waals surface area contributed by atoms with Gasteiger partial charge in [0.2, 0.25) is 0 Å². The summed E-state index contributed by atoms with van der Waals surface area (Å²) in [6.45, 7) is 6.02. The van der Waals surface area contributed by atoms with Gasteiger partial charge in [0, 0.05) is 6.61 Å². The molecule has 0 radical (unpaired) electrons. The van der Waals surface area contributed by atoms with Gasteiger partial charge in [-0.15, -0.1) is 6.58 Å². The maximum Gasteiger partial charge on any atom is 0.0465 e. The third kappa shape index (κ3) is 4.33. The molecule has 0 rings (SSSR count). The van der Waals surface area contributed by atoms with E-state index in [0.29, 0.717) is 0 Å². The minimum atomic E-state index is 0.251. The number of aliphatic hydroxyl groups is 1. The fraction of sp³-hybridized carbons (Fsp3) is 0.556. The van der Waals surface area contributed by atoms with Gasteiger partial charge in [-0.2, -0.15) is 0 Å². The average molecular weight is 140 g/mol. The summed E-state index contributed by atoms with van der Waals surface area (Å²) in [7, 11) is 0. The topological polar surface area (TPSA) is 20.2 Å². The predicted octanol–water partition coefficient (Wildman–Crippen LogP) is 2.28. The molecule has 1 heteroatoms. The Morgan fingerprint density at radius 3 is 2.70 bits per heavy atom. The first-order valence-electron chi connectivity index (χ1n) is 3.74. The summed E-state index contributed by atoms with van der Waals surface area (Å²) < 4.78 is 0. The molecule has 0 aromatic rings. The van der Waals surface area contributed by atoms with Gasteiger partial charge in [0.25, 0.3) is 0 Å². The number of aliphatic hydroxyl groups excluding tert-OH is 1. The summed E-state index contributed by atoms with van der Waals surface area (Å²) in [4.78, 5) is 0. The van der Waals surface area contributed by atoms with Crippen molar-refractivity contribution in [2.45, 2.75) is 26.2 Å². The molecule has 0 saturated carbocycles. The molecule has 0 aliphatic carbocycles. The molecular formula is C9H16O. The molecule has 0 atom stereocenters. The predicted molar refractivity (Wildman–Crippen MR) is 44.9 cm³/mol. The van der Waals surface area contributed by atoms with Crippen molar-refractivity contribution in [2.75, 3.05) is 6.61 Å². The molecular weight excluding hydrogens is 124 g/mol. The Hall–Kier alpha value is -0.560. The first kappa shape index (κ1) is 9.44. The molecule has 10 heavy (non-hydrogen) atoms. The highest BCUT2D eigenvalue weighted by molar-refractivity contribution is 5.05. The fourth-order valence-electron chi connectivity index (χ4n) is 0.826. The van der Waals surface area contributed by atoms with E-state index in [1.807, 2.05) is 6.08 Å². The number of rotatable bonds is 5. The van der Waals surface area contributed by atoms with Crippen molar-refractivity contribution in [2.24, 2.45) is 0 Å². The van der Waals surface area contributed by atoms with Crippen LogP contribution in [-0.2, 0) is 0 Å². The third-order valence-corrected chi connectivity index (χ3v) is 1.42. The van der Waals surface area contributed by atoms with Crippen molar-refractivity contribution in [1.29, 1.82) is 0 Å². The lowest BCUT2D eigenvalue weighted by Gasteiger charge is -1.98. The van der Waals surface area contributed by atoms with E-state index >= 15 is 0 Å².